The van der Waals surface area contributed by atoms with E-state index < -0.39 is 34.6 Å². The second kappa shape index (κ2) is 8.83. The number of sulfonamides is 1. The van der Waals surface area contributed by atoms with Gasteiger partial charge in [0, 0.05) is 10.0 Å². The van der Waals surface area contributed by atoms with Crippen molar-refractivity contribution in [1.29, 1.82) is 0 Å². The monoisotopic (exact) mass is 416 g/mol. The van der Waals surface area contributed by atoms with Gasteiger partial charge in [0.1, 0.15) is 6.04 Å². The van der Waals surface area contributed by atoms with Crippen molar-refractivity contribution >= 4 is 39.1 Å². The normalized spacial score (nSPS) is 13.8. The first-order chi connectivity index (χ1) is 12.2. The topological polar surface area (TPSA) is 95.5 Å². The lowest BCUT2D eigenvalue weighted by Gasteiger charge is -2.23. The fourth-order valence-electron chi connectivity index (χ4n) is 2.39. The molecule has 0 spiro atoms. The first-order valence-electron chi connectivity index (χ1n) is 7.59. The summed E-state index contributed by atoms with van der Waals surface area (Å²) in [5, 5.41) is 13.0. The summed E-state index contributed by atoms with van der Waals surface area (Å²) in [6.07, 6.45) is 0.968. The van der Waals surface area contributed by atoms with Crippen LogP contribution >= 0.6 is 23.2 Å². The Morgan fingerprint density at radius 1 is 1.15 bits per heavy atom. The summed E-state index contributed by atoms with van der Waals surface area (Å²) >= 11 is 12.0. The van der Waals surface area contributed by atoms with Gasteiger partial charge in [-0.05, 0) is 23.3 Å². The maximum atomic E-state index is 12.7. The molecule has 0 aliphatic carbocycles. The van der Waals surface area contributed by atoms with Gasteiger partial charge in [-0.3, -0.25) is 4.79 Å². The molecule has 2 atom stereocenters. The second-order valence-electron chi connectivity index (χ2n) is 5.64. The van der Waals surface area contributed by atoms with Crippen molar-refractivity contribution < 1.29 is 18.3 Å². The lowest BCUT2D eigenvalue weighted by atomic mass is 10.0. The zero-order chi connectivity index (χ0) is 19.3. The number of hydrogen-bond acceptors (Lipinski definition) is 4. The fourth-order valence-corrected chi connectivity index (χ4v) is 3.60. The highest BCUT2D eigenvalue weighted by Crippen LogP contribution is 2.27. The molecule has 0 aromatic heterocycles. The Morgan fingerprint density at radius 2 is 1.81 bits per heavy atom. The summed E-state index contributed by atoms with van der Waals surface area (Å²) in [6.45, 7) is -0.423. The highest BCUT2D eigenvalue weighted by Gasteiger charge is 2.27. The van der Waals surface area contributed by atoms with Crippen molar-refractivity contribution in [1.82, 2.24) is 10.0 Å². The van der Waals surface area contributed by atoms with E-state index in [1.165, 1.54) is 6.07 Å². The van der Waals surface area contributed by atoms with Crippen LogP contribution in [0.3, 0.4) is 0 Å². The van der Waals surface area contributed by atoms with Crippen LogP contribution in [-0.2, 0) is 14.8 Å². The molecule has 0 bridgehead atoms. The molecule has 0 heterocycles. The maximum Gasteiger partial charge on any atom is 0.243 e. The van der Waals surface area contributed by atoms with Crippen LogP contribution < -0.4 is 10.0 Å². The van der Waals surface area contributed by atoms with Crippen LogP contribution in [0.4, 0.5) is 0 Å². The van der Waals surface area contributed by atoms with E-state index in [9.17, 15) is 18.3 Å². The summed E-state index contributed by atoms with van der Waals surface area (Å²) in [6, 6.07) is 11.1. The van der Waals surface area contributed by atoms with E-state index in [1.807, 2.05) is 0 Å². The zero-order valence-electron chi connectivity index (χ0n) is 13.8. The number of hydrogen-bond donors (Lipinski definition) is 3. The average Bonchev–Trinajstić information content (AvgIpc) is 2.58. The van der Waals surface area contributed by atoms with Gasteiger partial charge in [-0.1, -0.05) is 59.6 Å². The number of benzene rings is 2. The van der Waals surface area contributed by atoms with Crippen LogP contribution in [0.25, 0.3) is 0 Å². The lowest BCUT2D eigenvalue weighted by Crippen LogP contribution is -2.42. The molecule has 0 aliphatic rings. The molecule has 0 saturated carbocycles. The molecule has 3 N–H and O–H groups in total. The number of amides is 1. The number of aliphatic hydroxyl groups excluding tert-OH is 1. The summed E-state index contributed by atoms with van der Waals surface area (Å²) in [7, 11) is -3.65. The Morgan fingerprint density at radius 3 is 2.35 bits per heavy atom. The highest BCUT2D eigenvalue weighted by molar-refractivity contribution is 7.88. The molecule has 0 saturated heterocycles. The summed E-state index contributed by atoms with van der Waals surface area (Å²) in [4.78, 5) is 12.7. The van der Waals surface area contributed by atoms with E-state index in [0.29, 0.717) is 16.1 Å². The van der Waals surface area contributed by atoms with Gasteiger partial charge < -0.3 is 10.4 Å². The van der Waals surface area contributed by atoms with Gasteiger partial charge in [0.15, 0.2) is 0 Å². The summed E-state index contributed by atoms with van der Waals surface area (Å²) < 4.78 is 25.6. The predicted octanol–water partition coefficient (Wildman–Crippen LogP) is 2.43. The fraction of sp³-hybridized carbons (Fsp3) is 0.235. The molecule has 26 heavy (non-hydrogen) atoms. The molecule has 2 unspecified atom stereocenters. The molecule has 0 radical (unpaired) electrons. The van der Waals surface area contributed by atoms with Crippen LogP contribution in [0.15, 0.2) is 48.5 Å². The Labute approximate surface area is 162 Å². The van der Waals surface area contributed by atoms with Crippen molar-refractivity contribution in [2.24, 2.45) is 0 Å². The van der Waals surface area contributed by atoms with E-state index in [1.54, 1.807) is 42.5 Å². The van der Waals surface area contributed by atoms with Gasteiger partial charge in [0.25, 0.3) is 0 Å². The molecule has 2 rings (SSSR count). The van der Waals surface area contributed by atoms with E-state index >= 15 is 0 Å². The summed E-state index contributed by atoms with van der Waals surface area (Å²) in [5.41, 5.74) is 0.937. The predicted molar refractivity (Wildman–Crippen MR) is 102 cm³/mol. The largest absolute Gasteiger partial charge is 0.394 e. The molecule has 2 aromatic rings. The van der Waals surface area contributed by atoms with Crippen molar-refractivity contribution in [2.45, 2.75) is 12.1 Å². The van der Waals surface area contributed by atoms with Crippen molar-refractivity contribution in [3.8, 4) is 0 Å². The van der Waals surface area contributed by atoms with Crippen LogP contribution in [-0.4, -0.2) is 32.3 Å². The lowest BCUT2D eigenvalue weighted by molar-refractivity contribution is -0.124. The molecule has 0 aliphatic heterocycles. The third kappa shape index (κ3) is 5.69. The van der Waals surface area contributed by atoms with Gasteiger partial charge in [-0.2, -0.15) is 4.72 Å². The molecule has 140 valence electrons. The number of halogens is 2. The SMILES string of the molecule is CS(=O)(=O)NC(C(=O)NC(CO)c1ccc(Cl)cc1Cl)c1ccccc1. The van der Waals surface area contributed by atoms with Gasteiger partial charge >= 0.3 is 0 Å². The van der Waals surface area contributed by atoms with E-state index in [4.69, 9.17) is 23.2 Å². The smallest absolute Gasteiger partial charge is 0.243 e. The third-order valence-electron chi connectivity index (χ3n) is 3.56. The minimum absolute atomic E-state index is 0.282. The number of carbonyl (C=O) groups is 1. The molecular formula is C17H18Cl2N2O4S. The molecule has 6 nitrogen and oxygen atoms in total. The Bertz CT molecular complexity index is 876. The van der Waals surface area contributed by atoms with Gasteiger partial charge in [-0.25, -0.2) is 8.42 Å². The van der Waals surface area contributed by atoms with Crippen LogP contribution in [0.1, 0.15) is 23.2 Å². The standard InChI is InChI=1S/C17H18Cl2N2O4S/c1-26(24,25)21-16(11-5-3-2-4-6-11)17(23)20-15(10-22)13-8-7-12(18)9-14(13)19/h2-9,15-16,21-22H,10H2,1H3,(H,20,23). The number of aliphatic hydroxyl groups is 1. The first kappa shape index (κ1) is 20.7. The first-order valence-corrected chi connectivity index (χ1v) is 10.2. The number of rotatable bonds is 7. The summed E-state index contributed by atoms with van der Waals surface area (Å²) in [5.74, 6) is -0.619. The quantitative estimate of drug-likeness (QED) is 0.645. The molecule has 2 aromatic carbocycles. The molecule has 1 amide bonds. The van der Waals surface area contributed by atoms with E-state index in [0.717, 1.165) is 6.26 Å². The Hall–Kier alpha value is -1.64. The van der Waals surface area contributed by atoms with Crippen molar-refractivity contribution in [2.75, 3.05) is 12.9 Å². The third-order valence-corrected chi connectivity index (χ3v) is 4.79. The van der Waals surface area contributed by atoms with Crippen LogP contribution in [0.2, 0.25) is 10.0 Å². The van der Waals surface area contributed by atoms with Crippen molar-refractivity contribution in [3.63, 3.8) is 0 Å². The number of carbonyl (C=O) groups excluding carboxylic acids is 1. The minimum atomic E-state index is -3.65. The number of nitrogens with one attached hydrogen (secondary N) is 2. The van der Waals surface area contributed by atoms with Crippen LogP contribution in [0.5, 0.6) is 0 Å². The van der Waals surface area contributed by atoms with E-state index in [2.05, 4.69) is 10.0 Å². The van der Waals surface area contributed by atoms with Crippen molar-refractivity contribution in [3.05, 3.63) is 69.7 Å². The van der Waals surface area contributed by atoms with Gasteiger partial charge in [-0.15, -0.1) is 0 Å². The highest BCUT2D eigenvalue weighted by atomic mass is 35.5. The molecular weight excluding hydrogens is 399 g/mol. The molecule has 0 fully saturated rings. The minimum Gasteiger partial charge on any atom is -0.394 e. The maximum absolute atomic E-state index is 12.7. The Kier molecular flexibility index (Phi) is 7.02. The zero-order valence-corrected chi connectivity index (χ0v) is 16.1. The second-order valence-corrected chi connectivity index (χ2v) is 8.27. The Balaban J connectivity index is 2.29. The van der Waals surface area contributed by atoms with Crippen LogP contribution in [0, 0.1) is 0 Å². The average molecular weight is 417 g/mol. The van der Waals surface area contributed by atoms with Gasteiger partial charge in [0.05, 0.1) is 18.9 Å². The van der Waals surface area contributed by atoms with E-state index in [-0.39, 0.29) is 5.02 Å². The van der Waals surface area contributed by atoms with Gasteiger partial charge in [0.2, 0.25) is 15.9 Å². The molecule has 9 heteroatoms.